The minimum Gasteiger partial charge on any atom is -0.497 e. The third-order valence-electron chi connectivity index (χ3n) is 4.40. The minimum absolute atomic E-state index is 0.646. The van der Waals surface area contributed by atoms with Crippen LogP contribution in [-0.4, -0.2) is 41.9 Å². The topological polar surface area (TPSA) is 86.7 Å². The molecule has 1 aromatic carbocycles. The van der Waals surface area contributed by atoms with E-state index >= 15 is 0 Å². The van der Waals surface area contributed by atoms with Crippen molar-refractivity contribution in [2.45, 2.75) is 20.3 Å². The van der Waals surface area contributed by atoms with Crippen LogP contribution >= 0.6 is 0 Å². The molecule has 7 nitrogen and oxygen atoms in total. The smallest absolute Gasteiger partial charge is 0.158 e. The monoisotopic (exact) mass is 355 g/mol. The van der Waals surface area contributed by atoms with Gasteiger partial charge in [0.1, 0.15) is 17.3 Å². The van der Waals surface area contributed by atoms with E-state index in [0.717, 1.165) is 58.4 Å². The quantitative estimate of drug-likeness (QED) is 0.634. The van der Waals surface area contributed by atoms with Crippen molar-refractivity contribution in [2.24, 2.45) is 5.73 Å². The zero-order chi connectivity index (χ0) is 18.7. The maximum atomic E-state index is 5.61. The van der Waals surface area contributed by atoms with Gasteiger partial charge in [0.2, 0.25) is 0 Å². The second-order valence-electron chi connectivity index (χ2n) is 6.14. The van der Waals surface area contributed by atoms with Crippen LogP contribution in [0.1, 0.15) is 17.7 Å². The number of nitrogens with one attached hydrogen (secondary N) is 1. The molecule has 2 heterocycles. The van der Waals surface area contributed by atoms with Crippen molar-refractivity contribution in [3.05, 3.63) is 35.5 Å². The van der Waals surface area contributed by atoms with Gasteiger partial charge in [-0.25, -0.2) is 4.98 Å². The third kappa shape index (κ3) is 3.43. The second-order valence-corrected chi connectivity index (χ2v) is 6.14. The lowest BCUT2D eigenvalue weighted by Crippen LogP contribution is -2.13. The fraction of sp³-hybridized carbons (Fsp3) is 0.368. The Morgan fingerprint density at radius 1 is 1.08 bits per heavy atom. The van der Waals surface area contributed by atoms with Crippen molar-refractivity contribution < 1.29 is 9.47 Å². The Kier molecular flexibility index (Phi) is 5.27. The molecule has 0 fully saturated rings. The minimum atomic E-state index is 0.646. The lowest BCUT2D eigenvalue weighted by atomic mass is 10.1. The van der Waals surface area contributed by atoms with E-state index in [2.05, 4.69) is 10.3 Å². The summed E-state index contributed by atoms with van der Waals surface area (Å²) in [6.07, 6.45) is 0.892. The number of nitrogens with zero attached hydrogens (tertiary/aromatic N) is 3. The van der Waals surface area contributed by atoms with Gasteiger partial charge >= 0.3 is 0 Å². The van der Waals surface area contributed by atoms with Crippen molar-refractivity contribution in [3.8, 4) is 22.8 Å². The molecule has 0 unspecified atom stereocenters. The highest BCUT2D eigenvalue weighted by molar-refractivity contribution is 5.69. The molecule has 0 spiro atoms. The number of rotatable bonds is 7. The van der Waals surface area contributed by atoms with Crippen molar-refractivity contribution in [3.63, 3.8) is 0 Å². The summed E-state index contributed by atoms with van der Waals surface area (Å²) in [5.74, 6) is 2.39. The van der Waals surface area contributed by atoms with Crippen LogP contribution in [0.15, 0.2) is 24.3 Å². The van der Waals surface area contributed by atoms with Gasteiger partial charge in [0.15, 0.2) is 5.65 Å². The summed E-state index contributed by atoms with van der Waals surface area (Å²) >= 11 is 0. The summed E-state index contributed by atoms with van der Waals surface area (Å²) < 4.78 is 12.6. The number of methoxy groups -OCH3 is 2. The molecule has 3 aromatic rings. The largest absolute Gasteiger partial charge is 0.497 e. The highest BCUT2D eigenvalue weighted by Gasteiger charge is 2.14. The van der Waals surface area contributed by atoms with E-state index in [4.69, 9.17) is 20.3 Å². The summed E-state index contributed by atoms with van der Waals surface area (Å²) in [5, 5.41) is 8.20. The number of fused-ring (bicyclic) bond motifs is 1. The molecule has 0 aliphatic carbocycles. The number of nitrogens with two attached hydrogens (primary N) is 1. The zero-order valence-electron chi connectivity index (χ0n) is 15.7. The van der Waals surface area contributed by atoms with Gasteiger partial charge in [-0.05, 0) is 38.9 Å². The van der Waals surface area contributed by atoms with Gasteiger partial charge in [-0.1, -0.05) is 0 Å². The van der Waals surface area contributed by atoms with Crippen LogP contribution in [-0.2, 0) is 0 Å². The molecule has 2 aromatic heterocycles. The van der Waals surface area contributed by atoms with Gasteiger partial charge in [0.25, 0.3) is 0 Å². The molecule has 0 aliphatic heterocycles. The van der Waals surface area contributed by atoms with Crippen LogP contribution in [0.2, 0.25) is 0 Å². The van der Waals surface area contributed by atoms with Crippen molar-refractivity contribution >= 4 is 11.5 Å². The summed E-state index contributed by atoms with van der Waals surface area (Å²) in [4.78, 5) is 4.67. The van der Waals surface area contributed by atoms with E-state index in [1.165, 1.54) is 0 Å². The van der Waals surface area contributed by atoms with Crippen LogP contribution in [0, 0.1) is 13.8 Å². The number of hydrogen-bond donors (Lipinski definition) is 2. The Bertz CT molecular complexity index is 898. The molecule has 0 saturated heterocycles. The van der Waals surface area contributed by atoms with Gasteiger partial charge in [-0.2, -0.15) is 9.61 Å². The first kappa shape index (κ1) is 18.0. The number of benzene rings is 1. The van der Waals surface area contributed by atoms with Crippen LogP contribution < -0.4 is 20.5 Å². The Morgan fingerprint density at radius 3 is 2.38 bits per heavy atom. The first-order valence-corrected chi connectivity index (χ1v) is 8.61. The summed E-state index contributed by atoms with van der Waals surface area (Å²) in [6, 6.07) is 7.68. The molecule has 0 amide bonds. The Hall–Kier alpha value is -2.80. The normalized spacial score (nSPS) is 11.0. The maximum absolute atomic E-state index is 5.61. The highest BCUT2D eigenvalue weighted by atomic mass is 16.5. The van der Waals surface area contributed by atoms with Crippen molar-refractivity contribution in [1.29, 1.82) is 0 Å². The number of anilines is 1. The van der Waals surface area contributed by atoms with Crippen molar-refractivity contribution in [2.75, 3.05) is 32.6 Å². The summed E-state index contributed by atoms with van der Waals surface area (Å²) in [6.45, 7) is 5.48. The summed E-state index contributed by atoms with van der Waals surface area (Å²) in [5.41, 5.74) is 10.2. The zero-order valence-corrected chi connectivity index (χ0v) is 15.7. The van der Waals surface area contributed by atoms with E-state index in [0.29, 0.717) is 6.54 Å². The van der Waals surface area contributed by atoms with Crippen LogP contribution in [0.5, 0.6) is 11.5 Å². The fourth-order valence-corrected chi connectivity index (χ4v) is 2.81. The predicted octanol–water partition coefficient (Wildman–Crippen LogP) is 2.79. The van der Waals surface area contributed by atoms with Crippen molar-refractivity contribution in [1.82, 2.24) is 14.6 Å². The third-order valence-corrected chi connectivity index (χ3v) is 4.40. The van der Waals surface area contributed by atoms with Gasteiger partial charge in [-0.3, -0.25) is 0 Å². The van der Waals surface area contributed by atoms with E-state index in [9.17, 15) is 0 Å². The Balaban J connectivity index is 2.10. The molecule has 3 rings (SSSR count). The number of aromatic nitrogens is 3. The first-order valence-electron chi connectivity index (χ1n) is 8.61. The Morgan fingerprint density at radius 2 is 1.77 bits per heavy atom. The van der Waals surface area contributed by atoms with Crippen LogP contribution in [0.3, 0.4) is 0 Å². The second kappa shape index (κ2) is 7.61. The van der Waals surface area contributed by atoms with Crippen LogP contribution in [0.4, 0.5) is 5.82 Å². The average Bonchev–Trinajstić information content (AvgIpc) is 3.08. The predicted molar refractivity (Wildman–Crippen MR) is 103 cm³/mol. The maximum Gasteiger partial charge on any atom is 0.158 e. The van der Waals surface area contributed by atoms with E-state index in [1.807, 2.05) is 42.6 Å². The molecule has 0 aliphatic rings. The fourth-order valence-electron chi connectivity index (χ4n) is 2.81. The molecule has 7 heteroatoms. The lowest BCUT2D eigenvalue weighted by molar-refractivity contribution is 0.394. The molecule has 138 valence electrons. The molecule has 3 N–H and O–H groups in total. The Labute approximate surface area is 153 Å². The molecular formula is C19H25N5O2. The number of hydrogen-bond acceptors (Lipinski definition) is 6. The molecule has 0 radical (unpaired) electrons. The summed E-state index contributed by atoms with van der Waals surface area (Å²) in [7, 11) is 3.27. The molecule has 0 atom stereocenters. The molecule has 0 bridgehead atoms. The lowest BCUT2D eigenvalue weighted by Gasteiger charge is -2.12. The number of aryl methyl sites for hydroxylation is 1. The molecule has 0 saturated carbocycles. The van der Waals surface area contributed by atoms with Gasteiger partial charge in [0.05, 0.1) is 19.9 Å². The average molecular weight is 355 g/mol. The molecular weight excluding hydrogens is 330 g/mol. The SMILES string of the molecule is COc1cc(OC)cc(-c2cc3nc(C)c(C)c(NCCCN)n3n2)c1. The molecule has 26 heavy (non-hydrogen) atoms. The number of ether oxygens (including phenoxy) is 2. The van der Waals surface area contributed by atoms with Gasteiger partial charge in [-0.15, -0.1) is 0 Å². The van der Waals surface area contributed by atoms with Crippen LogP contribution in [0.25, 0.3) is 16.9 Å². The van der Waals surface area contributed by atoms with E-state index in [1.54, 1.807) is 14.2 Å². The standard InChI is InChI=1S/C19H25N5O2/c1-12-13(2)22-18-11-17(23-24(18)19(12)21-7-5-6-20)14-8-15(25-3)10-16(9-14)26-4/h8-11,21H,5-7,20H2,1-4H3. The van der Waals surface area contributed by atoms with Gasteiger partial charge in [0, 0.05) is 35.5 Å². The van der Waals surface area contributed by atoms with E-state index in [-0.39, 0.29) is 0 Å². The van der Waals surface area contributed by atoms with E-state index < -0.39 is 0 Å². The highest BCUT2D eigenvalue weighted by Crippen LogP contribution is 2.30. The first-order chi connectivity index (χ1) is 12.6. The van der Waals surface area contributed by atoms with Gasteiger partial charge < -0.3 is 20.5 Å².